The van der Waals surface area contributed by atoms with Crippen molar-refractivity contribution in [3.63, 3.8) is 0 Å². The third-order valence-electron chi connectivity index (χ3n) is 0.397. The van der Waals surface area contributed by atoms with Crippen LogP contribution < -0.4 is 0 Å². The summed E-state index contributed by atoms with van der Waals surface area (Å²) in [5.41, 5.74) is 7.69. The molecule has 1 radical (unpaired) electrons. The molecule has 43 valence electrons. The molecule has 0 aromatic rings. The molecule has 0 amide bonds. The van der Waals surface area contributed by atoms with E-state index >= 15 is 0 Å². The molecule has 0 atom stereocenters. The number of nitrogens with zero attached hydrogens (tertiary/aromatic N) is 3. The van der Waals surface area contributed by atoms with Gasteiger partial charge in [0, 0.05) is 18.6 Å². The molecule has 0 unspecified atom stereocenters. The molecule has 0 aliphatic rings. The molecule has 0 spiro atoms. The first-order chi connectivity index (χ1) is 3.41. The molecule has 0 aliphatic heterocycles. The Hall–Kier alpha value is -0.496. The van der Waals surface area contributed by atoms with Crippen LogP contribution in [0.15, 0.2) is 17.3 Å². The number of rotatable bonds is 2. The van der Waals surface area contributed by atoms with Crippen molar-refractivity contribution in [3.8, 4) is 0 Å². The van der Waals surface area contributed by atoms with Crippen molar-refractivity contribution in [2.75, 3.05) is 0 Å². The average molecular weight is 147 g/mol. The zero-order valence-corrected chi connectivity index (χ0v) is 5.92. The molecular formula is C4H6N3V-. The van der Waals surface area contributed by atoms with E-state index in [4.69, 9.17) is 5.53 Å². The van der Waals surface area contributed by atoms with Gasteiger partial charge in [0.2, 0.25) is 0 Å². The summed E-state index contributed by atoms with van der Waals surface area (Å²) >= 11 is 0. The first kappa shape index (κ1) is 10.5. The quantitative estimate of drug-likeness (QED) is 0.248. The van der Waals surface area contributed by atoms with Crippen molar-refractivity contribution in [3.05, 3.63) is 29.1 Å². The van der Waals surface area contributed by atoms with Crippen molar-refractivity contribution in [2.45, 2.75) is 6.92 Å². The summed E-state index contributed by atoms with van der Waals surface area (Å²) in [6.07, 6.45) is 3.45. The van der Waals surface area contributed by atoms with E-state index in [1.807, 2.05) is 6.92 Å². The first-order valence-electron chi connectivity index (χ1n) is 1.90. The molecular weight excluding hydrogens is 141 g/mol. The van der Waals surface area contributed by atoms with Crippen LogP contribution >= 0.6 is 0 Å². The molecule has 0 saturated carbocycles. The van der Waals surface area contributed by atoms with Crippen LogP contribution in [-0.2, 0) is 18.6 Å². The zero-order valence-electron chi connectivity index (χ0n) is 4.52. The predicted molar refractivity (Wildman–Crippen MR) is 28.3 cm³/mol. The molecule has 0 fully saturated rings. The smallest absolute Gasteiger partial charge is 0 e. The van der Waals surface area contributed by atoms with Gasteiger partial charge in [0.25, 0.3) is 0 Å². The molecule has 4 heteroatoms. The Morgan fingerprint density at radius 1 is 1.75 bits per heavy atom. The van der Waals surface area contributed by atoms with Crippen LogP contribution in [0.25, 0.3) is 10.4 Å². The monoisotopic (exact) mass is 147 g/mol. The second-order valence-corrected chi connectivity index (χ2v) is 0.880. The van der Waals surface area contributed by atoms with E-state index in [0.29, 0.717) is 0 Å². The van der Waals surface area contributed by atoms with Crippen molar-refractivity contribution in [1.82, 2.24) is 0 Å². The molecule has 8 heavy (non-hydrogen) atoms. The van der Waals surface area contributed by atoms with Gasteiger partial charge in [0.05, 0.1) is 0 Å². The van der Waals surface area contributed by atoms with Crippen molar-refractivity contribution >= 4 is 0 Å². The topological polar surface area (TPSA) is 48.8 Å². The minimum atomic E-state index is 0. The first-order valence-corrected chi connectivity index (χ1v) is 1.90. The fourth-order valence-corrected chi connectivity index (χ4v) is 0.154. The van der Waals surface area contributed by atoms with E-state index in [2.05, 4.69) is 10.0 Å². The minimum absolute atomic E-state index is 0. The fraction of sp³-hybridized carbons (Fsp3) is 0.250. The summed E-state index contributed by atoms with van der Waals surface area (Å²) < 4.78 is 0. The Labute approximate surface area is 60.3 Å². The predicted octanol–water partition coefficient (Wildman–Crippen LogP) is 2.03. The Bertz CT molecular complexity index is 104. The molecule has 0 saturated heterocycles. The van der Waals surface area contributed by atoms with E-state index in [1.165, 1.54) is 6.54 Å². The second kappa shape index (κ2) is 9.71. The van der Waals surface area contributed by atoms with Gasteiger partial charge in [0.15, 0.2) is 0 Å². The molecule has 3 nitrogen and oxygen atoms in total. The summed E-state index contributed by atoms with van der Waals surface area (Å²) in [7, 11) is 0. The van der Waals surface area contributed by atoms with Gasteiger partial charge in [-0.25, -0.2) is 12.2 Å². The van der Waals surface area contributed by atoms with Crippen LogP contribution in [0.1, 0.15) is 6.92 Å². The maximum atomic E-state index is 7.69. The zero-order chi connectivity index (χ0) is 5.54. The molecule has 0 aromatic carbocycles. The van der Waals surface area contributed by atoms with Gasteiger partial charge in [0.1, 0.15) is 0 Å². The molecule has 0 N–H and O–H groups in total. The Morgan fingerprint density at radius 3 is 2.75 bits per heavy atom. The van der Waals surface area contributed by atoms with E-state index < -0.39 is 0 Å². The molecule has 0 bridgehead atoms. The summed E-state index contributed by atoms with van der Waals surface area (Å²) in [5.74, 6) is 0. The maximum absolute atomic E-state index is 7.69. The standard InChI is InChI=1S/C4H6N3.V/c1-2-3-4-6-7-5;/h2-4H,1H3;/q-1;/b3-2+;. The Morgan fingerprint density at radius 2 is 2.38 bits per heavy atom. The van der Waals surface area contributed by atoms with E-state index in [9.17, 15) is 0 Å². The molecule has 0 aromatic heterocycles. The van der Waals surface area contributed by atoms with Crippen molar-refractivity contribution in [1.29, 1.82) is 0 Å². The third kappa shape index (κ3) is 9.09. The average Bonchev–Trinajstić information content (AvgIpc) is 1.69. The maximum Gasteiger partial charge on any atom is 0 e. The largest absolute Gasteiger partial charge is 0.233 e. The van der Waals surface area contributed by atoms with Gasteiger partial charge in [-0.1, -0.05) is 0 Å². The summed E-state index contributed by atoms with van der Waals surface area (Å²) in [4.78, 5) is 2.49. The van der Waals surface area contributed by atoms with Gasteiger partial charge in [-0.3, -0.25) is 0 Å². The van der Waals surface area contributed by atoms with Crippen LogP contribution in [0, 0.1) is 6.54 Å². The van der Waals surface area contributed by atoms with Crippen molar-refractivity contribution < 1.29 is 18.6 Å². The van der Waals surface area contributed by atoms with Crippen LogP contribution in [0.3, 0.4) is 0 Å². The van der Waals surface area contributed by atoms with Crippen LogP contribution in [0.4, 0.5) is 0 Å². The third-order valence-corrected chi connectivity index (χ3v) is 0.397. The van der Waals surface area contributed by atoms with E-state index in [1.54, 1.807) is 12.2 Å². The van der Waals surface area contributed by atoms with Gasteiger partial charge in [-0.05, 0) is 10.4 Å². The molecule has 0 heterocycles. The van der Waals surface area contributed by atoms with Crippen molar-refractivity contribution in [2.24, 2.45) is 5.11 Å². The van der Waals surface area contributed by atoms with Gasteiger partial charge in [-0.2, -0.15) is 11.7 Å². The molecule has 0 aliphatic carbocycles. The van der Waals surface area contributed by atoms with Crippen LogP contribution in [0.2, 0.25) is 0 Å². The number of allylic oxidation sites excluding steroid dienone is 1. The number of hydrogen-bond donors (Lipinski definition) is 0. The van der Waals surface area contributed by atoms with Crippen LogP contribution in [0.5, 0.6) is 0 Å². The number of hydrogen-bond acceptors (Lipinski definition) is 1. The summed E-state index contributed by atoms with van der Waals surface area (Å²) in [5, 5.41) is 3.13. The number of azide groups is 1. The second-order valence-electron chi connectivity index (χ2n) is 0.880. The minimum Gasteiger partial charge on any atom is -0.233 e. The molecule has 0 rings (SSSR count). The summed E-state index contributed by atoms with van der Waals surface area (Å²) in [6, 6.07) is 0. The Balaban J connectivity index is 0. The van der Waals surface area contributed by atoms with Crippen LogP contribution in [-0.4, -0.2) is 0 Å². The summed E-state index contributed by atoms with van der Waals surface area (Å²) in [6.45, 7) is 3.24. The Kier molecular flexibility index (Phi) is 12.7. The van der Waals surface area contributed by atoms with E-state index in [0.717, 1.165) is 0 Å². The van der Waals surface area contributed by atoms with Gasteiger partial charge in [-0.15, -0.1) is 6.92 Å². The van der Waals surface area contributed by atoms with E-state index in [-0.39, 0.29) is 18.6 Å². The fourth-order valence-electron chi connectivity index (χ4n) is 0.154. The SMILES string of the molecule is C/C=C/[CH-]N=[N+]=[N-].[V]. The van der Waals surface area contributed by atoms with Gasteiger partial charge >= 0.3 is 0 Å². The normalized spacial score (nSPS) is 7.12. The van der Waals surface area contributed by atoms with Gasteiger partial charge < -0.3 is 0 Å².